The third-order valence-corrected chi connectivity index (χ3v) is 11.1. The van der Waals surface area contributed by atoms with Gasteiger partial charge in [0.25, 0.3) is 0 Å². The topological polar surface area (TPSA) is 33.1 Å². The first kappa shape index (κ1) is 26.4. The average Bonchev–Trinajstić information content (AvgIpc) is 3.66. The fraction of sp³-hybridized carbons (Fsp3) is 0.0227. The largest absolute Gasteiger partial charge is 0.457 e. The van der Waals surface area contributed by atoms with Crippen LogP contribution in [0.25, 0.3) is 42.4 Å². The lowest BCUT2D eigenvalue weighted by Gasteiger charge is -2.39. The van der Waals surface area contributed by atoms with Crippen LogP contribution in [0.15, 0.2) is 158 Å². The molecule has 47 heavy (non-hydrogen) atoms. The summed E-state index contributed by atoms with van der Waals surface area (Å²) in [4.78, 5) is 0. The summed E-state index contributed by atoms with van der Waals surface area (Å²) in [7, 11) is 0. The van der Waals surface area contributed by atoms with E-state index in [-0.39, 0.29) is 0 Å². The molecule has 0 unspecified atom stereocenters. The second kappa shape index (κ2) is 9.86. The molecule has 1 N–H and O–H groups in total. The molecule has 0 saturated heterocycles. The highest BCUT2D eigenvalue weighted by molar-refractivity contribution is 7.25. The Kier molecular flexibility index (Phi) is 5.55. The van der Waals surface area contributed by atoms with E-state index in [1.807, 2.05) is 23.5 Å². The first-order chi connectivity index (χ1) is 23.2. The van der Waals surface area contributed by atoms with Gasteiger partial charge in [0.1, 0.15) is 11.5 Å². The first-order valence-corrected chi connectivity index (χ1v) is 16.7. The van der Waals surface area contributed by atoms with Gasteiger partial charge in [-0.2, -0.15) is 0 Å². The smallest absolute Gasteiger partial charge is 0.132 e. The van der Waals surface area contributed by atoms with E-state index < -0.39 is 5.41 Å². The molecular weight excluding hydrogens is 591 g/mol. The van der Waals surface area contributed by atoms with Crippen molar-refractivity contribution >= 4 is 37.2 Å². The number of rotatable bonds is 3. The molecule has 0 atom stereocenters. The maximum Gasteiger partial charge on any atom is 0.132 e. The average molecular weight is 618 g/mol. The molecule has 1 aromatic heterocycles. The van der Waals surface area contributed by atoms with Crippen molar-refractivity contribution in [1.82, 2.24) is 0 Å². The van der Waals surface area contributed by atoms with Crippen molar-refractivity contribution < 1.29 is 4.74 Å². The number of nitrogens with one attached hydrogen (secondary N) is 1. The van der Waals surface area contributed by atoms with Crippen LogP contribution in [0.2, 0.25) is 0 Å². The molecule has 220 valence electrons. The van der Waals surface area contributed by atoms with Gasteiger partial charge < -0.3 is 4.74 Å². The number of para-hydroxylation sites is 1. The molecule has 2 aliphatic rings. The summed E-state index contributed by atoms with van der Waals surface area (Å²) >= 11 is 1.83. The molecule has 0 bridgehead atoms. The molecule has 0 saturated carbocycles. The second-order valence-electron chi connectivity index (χ2n) is 12.4. The minimum absolute atomic E-state index is 0.491. The Hall–Kier alpha value is -5.77. The summed E-state index contributed by atoms with van der Waals surface area (Å²) < 4.78 is 9.18. The zero-order valence-electron chi connectivity index (χ0n) is 25.3. The van der Waals surface area contributed by atoms with Crippen LogP contribution in [0.4, 0.5) is 0 Å². The van der Waals surface area contributed by atoms with Gasteiger partial charge in [-0.3, -0.25) is 5.41 Å². The fourth-order valence-corrected chi connectivity index (χ4v) is 9.17. The highest BCUT2D eigenvalue weighted by Gasteiger charge is 2.51. The predicted octanol–water partition coefficient (Wildman–Crippen LogP) is 11.6. The number of thiophene rings is 1. The van der Waals surface area contributed by atoms with Crippen molar-refractivity contribution in [2.75, 3.05) is 0 Å². The van der Waals surface area contributed by atoms with Crippen LogP contribution in [-0.2, 0) is 5.41 Å². The summed E-state index contributed by atoms with van der Waals surface area (Å²) in [6.45, 7) is 0. The van der Waals surface area contributed by atoms with Crippen molar-refractivity contribution in [1.29, 1.82) is 5.41 Å². The molecule has 2 nitrogen and oxygen atoms in total. The Morgan fingerprint density at radius 1 is 0.489 bits per heavy atom. The van der Waals surface area contributed by atoms with Gasteiger partial charge in [-0.25, -0.2) is 0 Å². The van der Waals surface area contributed by atoms with Crippen LogP contribution in [0.3, 0.4) is 0 Å². The van der Waals surface area contributed by atoms with E-state index in [4.69, 9.17) is 4.74 Å². The van der Waals surface area contributed by atoms with Crippen LogP contribution in [0.5, 0.6) is 11.5 Å². The summed E-state index contributed by atoms with van der Waals surface area (Å²) in [5, 5.41) is 12.1. The van der Waals surface area contributed by atoms with E-state index in [0.29, 0.717) is 5.71 Å². The van der Waals surface area contributed by atoms with E-state index in [1.54, 1.807) is 0 Å². The Labute approximate surface area is 276 Å². The number of fused-ring (bicyclic) bond motifs is 12. The van der Waals surface area contributed by atoms with Crippen molar-refractivity contribution in [3.8, 4) is 33.8 Å². The van der Waals surface area contributed by atoms with E-state index in [0.717, 1.165) is 39.3 Å². The second-order valence-corrected chi connectivity index (χ2v) is 13.5. The predicted molar refractivity (Wildman–Crippen MR) is 195 cm³/mol. The van der Waals surface area contributed by atoms with Gasteiger partial charge in [0, 0.05) is 42.4 Å². The van der Waals surface area contributed by atoms with Gasteiger partial charge >= 0.3 is 0 Å². The summed E-state index contributed by atoms with van der Waals surface area (Å²) in [5.41, 5.74) is 11.2. The minimum atomic E-state index is -0.550. The summed E-state index contributed by atoms with van der Waals surface area (Å²) in [6, 6.07) is 55.9. The van der Waals surface area contributed by atoms with E-state index in [9.17, 15) is 5.41 Å². The maximum atomic E-state index is 9.57. The van der Waals surface area contributed by atoms with Gasteiger partial charge in [-0.05, 0) is 75.8 Å². The molecule has 2 heterocycles. The Morgan fingerprint density at radius 3 is 1.94 bits per heavy atom. The highest BCUT2D eigenvalue weighted by Crippen LogP contribution is 2.62. The molecule has 8 aromatic rings. The van der Waals surface area contributed by atoms with Crippen molar-refractivity contribution in [3.05, 3.63) is 191 Å². The van der Waals surface area contributed by atoms with Gasteiger partial charge in [0.2, 0.25) is 0 Å². The Bertz CT molecular complexity index is 2550. The summed E-state index contributed by atoms with van der Waals surface area (Å²) in [6.07, 6.45) is 0. The molecule has 10 rings (SSSR count). The van der Waals surface area contributed by atoms with E-state index in [1.165, 1.54) is 48.0 Å². The SMILES string of the molecule is N=C(c1cccc(-c2cccc3sc4ccccc4c23)c1)c1ccc2c(c1)C1(c3ccccc3O2)c2ccccc2-c2ccccc21. The van der Waals surface area contributed by atoms with E-state index >= 15 is 0 Å². The van der Waals surface area contributed by atoms with Gasteiger partial charge in [-0.15, -0.1) is 11.3 Å². The number of hydrogen-bond acceptors (Lipinski definition) is 3. The van der Waals surface area contributed by atoms with Crippen molar-refractivity contribution in [3.63, 3.8) is 0 Å². The Morgan fingerprint density at radius 2 is 1.11 bits per heavy atom. The number of benzene rings is 7. The van der Waals surface area contributed by atoms with Crippen LogP contribution in [0.1, 0.15) is 33.4 Å². The lowest BCUT2D eigenvalue weighted by molar-refractivity contribution is 0.436. The number of hydrogen-bond donors (Lipinski definition) is 1. The summed E-state index contributed by atoms with van der Waals surface area (Å²) in [5.74, 6) is 1.70. The third kappa shape index (κ3) is 3.63. The zero-order chi connectivity index (χ0) is 31.1. The molecule has 0 amide bonds. The normalized spacial score (nSPS) is 13.5. The molecule has 1 spiro atoms. The van der Waals surface area contributed by atoms with Crippen LogP contribution in [0, 0.1) is 5.41 Å². The molecule has 1 aliphatic carbocycles. The molecular formula is C44H27NOS. The zero-order valence-corrected chi connectivity index (χ0v) is 26.1. The third-order valence-electron chi connectivity index (χ3n) is 10.0. The Balaban J connectivity index is 1.15. The lowest BCUT2D eigenvalue weighted by atomic mass is 9.66. The molecule has 3 heteroatoms. The lowest BCUT2D eigenvalue weighted by Crippen LogP contribution is -2.32. The monoisotopic (exact) mass is 617 g/mol. The quantitative estimate of drug-likeness (QED) is 0.197. The van der Waals surface area contributed by atoms with Crippen LogP contribution >= 0.6 is 11.3 Å². The molecule has 0 radical (unpaired) electrons. The van der Waals surface area contributed by atoms with Gasteiger partial charge in [0.15, 0.2) is 0 Å². The van der Waals surface area contributed by atoms with Crippen LogP contribution in [-0.4, -0.2) is 5.71 Å². The van der Waals surface area contributed by atoms with E-state index in [2.05, 4.69) is 146 Å². The van der Waals surface area contributed by atoms with Crippen molar-refractivity contribution in [2.24, 2.45) is 0 Å². The maximum absolute atomic E-state index is 9.57. The number of ether oxygens (including phenoxy) is 1. The van der Waals surface area contributed by atoms with Crippen LogP contribution < -0.4 is 4.74 Å². The standard InChI is InChI=1S/C44H27NOS/c45-43(28-12-9-11-27(25-28)30-16-10-22-41-42(30)33-15-3-8-21-40(33)47-41)29-23-24-39-37(26-29)44(36-19-6-7-20-38(36)46-39)34-17-4-1-13-31(34)32-14-2-5-18-35(32)44/h1-26,45H. The molecule has 0 fully saturated rings. The minimum Gasteiger partial charge on any atom is -0.457 e. The van der Waals surface area contributed by atoms with Crippen molar-refractivity contribution in [2.45, 2.75) is 5.41 Å². The fourth-order valence-electron chi connectivity index (χ4n) is 8.04. The van der Waals surface area contributed by atoms with Gasteiger partial charge in [0.05, 0.1) is 11.1 Å². The first-order valence-electron chi connectivity index (χ1n) is 15.9. The molecule has 1 aliphatic heterocycles. The molecule has 7 aromatic carbocycles. The van der Waals surface area contributed by atoms with Gasteiger partial charge in [-0.1, -0.05) is 115 Å². The highest BCUT2D eigenvalue weighted by atomic mass is 32.1.